The highest BCUT2D eigenvalue weighted by Gasteiger charge is 2.03. The maximum atomic E-state index is 6.00. The summed E-state index contributed by atoms with van der Waals surface area (Å²) in [6.07, 6.45) is 0.885. The molecule has 0 aromatic heterocycles. The van der Waals surface area contributed by atoms with Gasteiger partial charge < -0.3 is 5.73 Å². The topological polar surface area (TPSA) is 26.0 Å². The highest BCUT2D eigenvalue weighted by atomic mass is 35.5. The fourth-order valence-corrected chi connectivity index (χ4v) is 2.45. The Kier molecular flexibility index (Phi) is 4.28. The first-order valence-corrected chi connectivity index (χ1v) is 6.61. The van der Waals surface area contributed by atoms with Gasteiger partial charge in [0.25, 0.3) is 0 Å². The number of nitrogens with two attached hydrogens (primary N) is 1. The Morgan fingerprint density at radius 3 is 2.00 bits per heavy atom. The van der Waals surface area contributed by atoms with Crippen LogP contribution in [0.4, 0.5) is 0 Å². The summed E-state index contributed by atoms with van der Waals surface area (Å²) < 4.78 is 0. The van der Waals surface area contributed by atoms with Crippen molar-refractivity contribution in [3.05, 3.63) is 58.1 Å². The summed E-state index contributed by atoms with van der Waals surface area (Å²) in [6.45, 7) is 2.00. The molecule has 3 heteroatoms. The van der Waals surface area contributed by atoms with Gasteiger partial charge in [0, 0.05) is 16.1 Å². The van der Waals surface area contributed by atoms with E-state index in [1.165, 1.54) is 5.56 Å². The minimum atomic E-state index is 0.177. The minimum Gasteiger partial charge on any atom is -0.328 e. The van der Waals surface area contributed by atoms with E-state index < -0.39 is 0 Å². The highest BCUT2D eigenvalue weighted by molar-refractivity contribution is 6.35. The van der Waals surface area contributed by atoms with E-state index in [0.717, 1.165) is 17.5 Å². The molecule has 1 atom stereocenters. The first-order valence-electron chi connectivity index (χ1n) is 5.85. The van der Waals surface area contributed by atoms with E-state index in [1.54, 1.807) is 6.07 Å². The maximum absolute atomic E-state index is 6.00. The molecule has 2 aromatic rings. The van der Waals surface area contributed by atoms with E-state index in [-0.39, 0.29) is 6.04 Å². The van der Waals surface area contributed by atoms with Crippen molar-refractivity contribution < 1.29 is 0 Å². The minimum absolute atomic E-state index is 0.177. The molecule has 0 fully saturated rings. The first kappa shape index (κ1) is 13.4. The van der Waals surface area contributed by atoms with Crippen molar-refractivity contribution in [1.82, 2.24) is 0 Å². The van der Waals surface area contributed by atoms with Gasteiger partial charge in [0.1, 0.15) is 0 Å². The standard InChI is InChI=1S/C15H15Cl2N/c1-10(18)6-11-2-4-12(5-3-11)13-7-14(16)9-15(17)8-13/h2-5,7-10H,6,18H2,1H3. The van der Waals surface area contributed by atoms with Crippen LogP contribution in [0.25, 0.3) is 11.1 Å². The van der Waals surface area contributed by atoms with Crippen molar-refractivity contribution in [2.45, 2.75) is 19.4 Å². The van der Waals surface area contributed by atoms with E-state index in [4.69, 9.17) is 28.9 Å². The largest absolute Gasteiger partial charge is 0.328 e. The molecule has 1 nitrogen and oxygen atoms in total. The molecule has 94 valence electrons. The van der Waals surface area contributed by atoms with Crippen molar-refractivity contribution >= 4 is 23.2 Å². The number of rotatable bonds is 3. The van der Waals surface area contributed by atoms with Gasteiger partial charge in [-0.3, -0.25) is 0 Å². The molecule has 2 rings (SSSR count). The SMILES string of the molecule is CC(N)Cc1ccc(-c2cc(Cl)cc(Cl)c2)cc1. The average molecular weight is 280 g/mol. The zero-order valence-corrected chi connectivity index (χ0v) is 11.7. The van der Waals surface area contributed by atoms with Crippen LogP contribution in [-0.4, -0.2) is 6.04 Å². The van der Waals surface area contributed by atoms with Gasteiger partial charge in [-0.2, -0.15) is 0 Å². The fourth-order valence-electron chi connectivity index (χ4n) is 1.93. The summed E-state index contributed by atoms with van der Waals surface area (Å²) in [4.78, 5) is 0. The molecular formula is C15H15Cl2N. The summed E-state index contributed by atoms with van der Waals surface area (Å²) in [5, 5.41) is 1.30. The molecule has 0 heterocycles. The molecule has 0 radical (unpaired) electrons. The Hall–Kier alpha value is -1.02. The van der Waals surface area contributed by atoms with Crippen LogP contribution in [0.5, 0.6) is 0 Å². The van der Waals surface area contributed by atoms with Gasteiger partial charge in [-0.25, -0.2) is 0 Å². The van der Waals surface area contributed by atoms with Crippen molar-refractivity contribution in [1.29, 1.82) is 0 Å². The van der Waals surface area contributed by atoms with Gasteiger partial charge in [-0.05, 0) is 48.2 Å². The Morgan fingerprint density at radius 1 is 0.944 bits per heavy atom. The predicted molar refractivity (Wildman–Crippen MR) is 79.3 cm³/mol. The number of benzene rings is 2. The molecule has 18 heavy (non-hydrogen) atoms. The molecule has 2 N–H and O–H groups in total. The van der Waals surface area contributed by atoms with E-state index >= 15 is 0 Å². The van der Waals surface area contributed by atoms with E-state index in [2.05, 4.69) is 24.3 Å². The van der Waals surface area contributed by atoms with Crippen LogP contribution < -0.4 is 5.73 Å². The third-order valence-corrected chi connectivity index (χ3v) is 3.14. The van der Waals surface area contributed by atoms with Gasteiger partial charge in [0.15, 0.2) is 0 Å². The van der Waals surface area contributed by atoms with Gasteiger partial charge in [0.05, 0.1) is 0 Å². The smallest absolute Gasteiger partial charge is 0.0426 e. The molecule has 1 unspecified atom stereocenters. The Labute approximate surface area is 118 Å². The third kappa shape index (κ3) is 3.49. The number of halogens is 2. The quantitative estimate of drug-likeness (QED) is 0.877. The summed E-state index contributed by atoms with van der Waals surface area (Å²) >= 11 is 12.0. The lowest BCUT2D eigenvalue weighted by Gasteiger charge is -2.07. The second kappa shape index (κ2) is 5.75. The van der Waals surface area contributed by atoms with E-state index in [9.17, 15) is 0 Å². The third-order valence-electron chi connectivity index (χ3n) is 2.71. The molecule has 0 spiro atoms. The van der Waals surface area contributed by atoms with Gasteiger partial charge in [-0.1, -0.05) is 47.5 Å². The lowest BCUT2D eigenvalue weighted by Crippen LogP contribution is -2.17. The molecule has 0 aliphatic carbocycles. The molecule has 0 saturated heterocycles. The Balaban J connectivity index is 2.28. The van der Waals surface area contributed by atoms with Crippen LogP contribution in [0.15, 0.2) is 42.5 Å². The van der Waals surface area contributed by atoms with Crippen molar-refractivity contribution in [2.24, 2.45) is 5.73 Å². The van der Waals surface area contributed by atoms with Crippen LogP contribution in [0.1, 0.15) is 12.5 Å². The Bertz CT molecular complexity index is 512. The molecular weight excluding hydrogens is 265 g/mol. The van der Waals surface area contributed by atoms with Gasteiger partial charge in [-0.15, -0.1) is 0 Å². The monoisotopic (exact) mass is 279 g/mol. The van der Waals surface area contributed by atoms with Gasteiger partial charge in [0.2, 0.25) is 0 Å². The van der Waals surface area contributed by atoms with Crippen molar-refractivity contribution in [3.8, 4) is 11.1 Å². The summed E-state index contributed by atoms with van der Waals surface area (Å²) in [7, 11) is 0. The first-order chi connectivity index (χ1) is 8.54. The van der Waals surface area contributed by atoms with E-state index in [1.807, 2.05) is 19.1 Å². The average Bonchev–Trinajstić information content (AvgIpc) is 2.27. The highest BCUT2D eigenvalue weighted by Crippen LogP contribution is 2.27. The molecule has 0 aliphatic rings. The normalized spacial score (nSPS) is 12.4. The van der Waals surface area contributed by atoms with Crippen LogP contribution >= 0.6 is 23.2 Å². The van der Waals surface area contributed by atoms with Crippen molar-refractivity contribution in [2.75, 3.05) is 0 Å². The summed E-state index contributed by atoms with van der Waals surface area (Å²) in [5.41, 5.74) is 9.15. The second-order valence-electron chi connectivity index (χ2n) is 4.54. The lowest BCUT2D eigenvalue weighted by atomic mass is 10.0. The number of hydrogen-bond donors (Lipinski definition) is 1. The van der Waals surface area contributed by atoms with Crippen LogP contribution in [0.2, 0.25) is 10.0 Å². The van der Waals surface area contributed by atoms with Crippen LogP contribution in [0, 0.1) is 0 Å². The summed E-state index contributed by atoms with van der Waals surface area (Å²) in [5.74, 6) is 0. The predicted octanol–water partition coefficient (Wildman–Crippen LogP) is 4.55. The molecule has 0 bridgehead atoms. The second-order valence-corrected chi connectivity index (χ2v) is 5.41. The van der Waals surface area contributed by atoms with E-state index in [0.29, 0.717) is 10.0 Å². The maximum Gasteiger partial charge on any atom is 0.0426 e. The lowest BCUT2D eigenvalue weighted by molar-refractivity contribution is 0.738. The molecule has 0 saturated carbocycles. The van der Waals surface area contributed by atoms with Crippen LogP contribution in [-0.2, 0) is 6.42 Å². The Morgan fingerprint density at radius 2 is 1.50 bits per heavy atom. The molecule has 0 amide bonds. The van der Waals surface area contributed by atoms with Crippen molar-refractivity contribution in [3.63, 3.8) is 0 Å². The zero-order valence-electron chi connectivity index (χ0n) is 10.2. The van der Waals surface area contributed by atoms with Crippen LogP contribution in [0.3, 0.4) is 0 Å². The fraction of sp³-hybridized carbons (Fsp3) is 0.200. The van der Waals surface area contributed by atoms with Gasteiger partial charge >= 0.3 is 0 Å². The zero-order chi connectivity index (χ0) is 13.1. The molecule has 2 aromatic carbocycles. The summed E-state index contributed by atoms with van der Waals surface area (Å²) in [6, 6.07) is 14.1. The molecule has 0 aliphatic heterocycles. The number of hydrogen-bond acceptors (Lipinski definition) is 1.